The quantitative estimate of drug-likeness (QED) is 0.415. The van der Waals surface area contributed by atoms with Gasteiger partial charge in [0.25, 0.3) is 0 Å². The highest BCUT2D eigenvalue weighted by atomic mass is 16.5. The van der Waals surface area contributed by atoms with E-state index in [1.165, 1.54) is 0 Å². The van der Waals surface area contributed by atoms with Crippen molar-refractivity contribution in [3.63, 3.8) is 0 Å². The van der Waals surface area contributed by atoms with E-state index in [0.29, 0.717) is 5.82 Å². The van der Waals surface area contributed by atoms with Crippen molar-refractivity contribution < 1.29 is 14.6 Å². The zero-order valence-corrected chi connectivity index (χ0v) is 15.4. The summed E-state index contributed by atoms with van der Waals surface area (Å²) in [6, 6.07) is 16.5. The van der Waals surface area contributed by atoms with Crippen LogP contribution in [-0.4, -0.2) is 33.4 Å². The molecule has 5 aromatic rings. The minimum Gasteiger partial charge on any atom is -0.497 e. The lowest BCUT2D eigenvalue weighted by atomic mass is 10.1. The summed E-state index contributed by atoms with van der Waals surface area (Å²) >= 11 is 0. The molecule has 0 spiro atoms. The third-order valence-electron chi connectivity index (χ3n) is 4.94. The molecule has 0 radical (unpaired) electrons. The molecule has 2 aromatic heterocycles. The van der Waals surface area contributed by atoms with Crippen LogP contribution in [0.2, 0.25) is 0 Å². The number of ether oxygens (including phenoxy) is 1. The molecule has 0 aliphatic carbocycles. The Bertz CT molecular complexity index is 1410. The monoisotopic (exact) mass is 384 g/mol. The second-order valence-electron chi connectivity index (χ2n) is 6.70. The molecule has 2 heterocycles. The maximum absolute atomic E-state index is 11.2. The number of nitrogens with zero attached hydrogens (tertiary/aromatic N) is 2. The van der Waals surface area contributed by atoms with Crippen molar-refractivity contribution in [2.75, 3.05) is 12.4 Å². The third kappa shape index (κ3) is 2.89. The summed E-state index contributed by atoms with van der Waals surface area (Å²) in [5.41, 5.74) is 2.66. The molecule has 0 saturated heterocycles. The summed E-state index contributed by atoms with van der Waals surface area (Å²) < 4.78 is 5.33. The van der Waals surface area contributed by atoms with Gasteiger partial charge < -0.3 is 15.2 Å². The molecule has 0 aliphatic heterocycles. The Morgan fingerprint density at radius 2 is 1.86 bits per heavy atom. The summed E-state index contributed by atoms with van der Waals surface area (Å²) in [4.78, 5) is 15.9. The van der Waals surface area contributed by atoms with E-state index in [2.05, 4.69) is 15.5 Å². The number of pyridine rings is 1. The smallest absolute Gasteiger partial charge is 0.335 e. The van der Waals surface area contributed by atoms with E-state index < -0.39 is 5.97 Å². The molecule has 142 valence electrons. The van der Waals surface area contributed by atoms with Crippen LogP contribution in [0.5, 0.6) is 5.75 Å². The molecule has 7 nitrogen and oxygen atoms in total. The molecular formula is C22H16N4O3. The van der Waals surface area contributed by atoms with Gasteiger partial charge in [-0.3, -0.25) is 5.10 Å². The Morgan fingerprint density at radius 1 is 1.03 bits per heavy atom. The second kappa shape index (κ2) is 6.49. The number of hydrogen-bond donors (Lipinski definition) is 3. The number of carboxylic acid groups (broad SMARTS) is 1. The Hall–Kier alpha value is -4.13. The first-order valence-corrected chi connectivity index (χ1v) is 8.98. The van der Waals surface area contributed by atoms with E-state index in [9.17, 15) is 4.79 Å². The number of anilines is 2. The summed E-state index contributed by atoms with van der Waals surface area (Å²) in [5.74, 6) is 0.463. The summed E-state index contributed by atoms with van der Waals surface area (Å²) in [5, 5.41) is 23.5. The Balaban J connectivity index is 1.59. The maximum Gasteiger partial charge on any atom is 0.335 e. The Kier molecular flexibility index (Phi) is 3.80. The SMILES string of the molecule is COc1ccc2nc(Nc3ccc4cc(C(=O)O)ccc4c3)c3n[nH]cc3c2c1. The van der Waals surface area contributed by atoms with Gasteiger partial charge in [0.15, 0.2) is 5.82 Å². The number of H-pyrrole nitrogens is 1. The van der Waals surface area contributed by atoms with Crippen LogP contribution >= 0.6 is 0 Å². The van der Waals surface area contributed by atoms with Crippen molar-refractivity contribution in [2.45, 2.75) is 0 Å². The van der Waals surface area contributed by atoms with Crippen LogP contribution in [0.25, 0.3) is 32.6 Å². The van der Waals surface area contributed by atoms with Crippen LogP contribution in [0.4, 0.5) is 11.5 Å². The molecule has 0 bridgehead atoms. The van der Waals surface area contributed by atoms with Gasteiger partial charge >= 0.3 is 5.97 Å². The number of fused-ring (bicyclic) bond motifs is 4. The number of aromatic amines is 1. The Labute approximate surface area is 164 Å². The zero-order valence-electron chi connectivity index (χ0n) is 15.4. The first kappa shape index (κ1) is 17.0. The van der Waals surface area contributed by atoms with Crippen LogP contribution in [0, 0.1) is 0 Å². The van der Waals surface area contributed by atoms with Gasteiger partial charge in [0.1, 0.15) is 11.3 Å². The van der Waals surface area contributed by atoms with Crippen molar-refractivity contribution in [3.05, 3.63) is 66.4 Å². The highest BCUT2D eigenvalue weighted by Crippen LogP contribution is 2.32. The Morgan fingerprint density at radius 3 is 2.69 bits per heavy atom. The van der Waals surface area contributed by atoms with Crippen LogP contribution in [-0.2, 0) is 0 Å². The number of benzene rings is 3. The van der Waals surface area contributed by atoms with Gasteiger partial charge in [-0.2, -0.15) is 5.10 Å². The average Bonchev–Trinajstić information content (AvgIpc) is 3.24. The molecule has 29 heavy (non-hydrogen) atoms. The molecule has 0 unspecified atom stereocenters. The van der Waals surface area contributed by atoms with E-state index >= 15 is 0 Å². The second-order valence-corrected chi connectivity index (χ2v) is 6.70. The minimum absolute atomic E-state index is 0.267. The van der Waals surface area contributed by atoms with Crippen molar-refractivity contribution in [2.24, 2.45) is 0 Å². The summed E-state index contributed by atoms with van der Waals surface area (Å²) in [7, 11) is 1.64. The molecule has 0 amide bonds. The van der Waals surface area contributed by atoms with Gasteiger partial charge in [0, 0.05) is 22.7 Å². The lowest BCUT2D eigenvalue weighted by Gasteiger charge is -2.10. The molecule has 7 heteroatoms. The normalized spacial score (nSPS) is 11.2. The highest BCUT2D eigenvalue weighted by Gasteiger charge is 2.12. The fraction of sp³-hybridized carbons (Fsp3) is 0.0455. The molecule has 3 aromatic carbocycles. The van der Waals surface area contributed by atoms with Crippen molar-refractivity contribution in [1.29, 1.82) is 0 Å². The fourth-order valence-corrected chi connectivity index (χ4v) is 3.48. The average molecular weight is 384 g/mol. The first-order chi connectivity index (χ1) is 14.1. The summed E-state index contributed by atoms with van der Waals surface area (Å²) in [6.07, 6.45) is 1.85. The number of aromatic carboxylic acids is 1. The van der Waals surface area contributed by atoms with E-state index in [1.807, 2.05) is 42.6 Å². The van der Waals surface area contributed by atoms with Crippen molar-refractivity contribution in [1.82, 2.24) is 15.2 Å². The van der Waals surface area contributed by atoms with Gasteiger partial charge in [-0.15, -0.1) is 0 Å². The molecule has 3 N–H and O–H groups in total. The number of methoxy groups -OCH3 is 1. The number of aromatic nitrogens is 3. The van der Waals surface area contributed by atoms with Crippen LogP contribution in [0.3, 0.4) is 0 Å². The van der Waals surface area contributed by atoms with Crippen molar-refractivity contribution >= 4 is 50.1 Å². The lowest BCUT2D eigenvalue weighted by molar-refractivity contribution is 0.0697. The molecule has 0 saturated carbocycles. The predicted octanol–water partition coefficient (Wildman–Crippen LogP) is 4.71. The fourth-order valence-electron chi connectivity index (χ4n) is 3.48. The highest BCUT2D eigenvalue weighted by molar-refractivity contribution is 6.09. The minimum atomic E-state index is -0.938. The standard InChI is InChI=1S/C22H16N4O3/c1-29-16-6-7-19-17(10-16)18-11-23-26-20(18)21(25-19)24-15-5-4-12-8-14(22(27)28)3-2-13(12)9-15/h2-11H,1H3,(H,23,26)(H,24,25)(H,27,28). The van der Waals surface area contributed by atoms with Gasteiger partial charge in [0.2, 0.25) is 0 Å². The lowest BCUT2D eigenvalue weighted by Crippen LogP contribution is -1.97. The van der Waals surface area contributed by atoms with Crippen LogP contribution in [0.15, 0.2) is 60.8 Å². The van der Waals surface area contributed by atoms with Gasteiger partial charge in [-0.1, -0.05) is 12.1 Å². The van der Waals surface area contributed by atoms with Crippen molar-refractivity contribution in [3.8, 4) is 5.75 Å². The van der Waals surface area contributed by atoms with Crippen LogP contribution < -0.4 is 10.1 Å². The van der Waals surface area contributed by atoms with E-state index in [4.69, 9.17) is 14.8 Å². The predicted molar refractivity (Wildman–Crippen MR) is 112 cm³/mol. The topological polar surface area (TPSA) is 100 Å². The van der Waals surface area contributed by atoms with E-state index in [0.717, 1.165) is 44.0 Å². The third-order valence-corrected chi connectivity index (χ3v) is 4.94. The molecule has 0 aliphatic rings. The van der Waals surface area contributed by atoms with Crippen LogP contribution in [0.1, 0.15) is 10.4 Å². The van der Waals surface area contributed by atoms with Gasteiger partial charge in [0.05, 0.1) is 18.2 Å². The number of hydrogen-bond acceptors (Lipinski definition) is 5. The molecule has 0 atom stereocenters. The van der Waals surface area contributed by atoms with Gasteiger partial charge in [-0.25, -0.2) is 9.78 Å². The largest absolute Gasteiger partial charge is 0.497 e. The number of carboxylic acids is 1. The van der Waals surface area contributed by atoms with Gasteiger partial charge in [-0.05, 0) is 53.2 Å². The molecular weight excluding hydrogens is 368 g/mol. The first-order valence-electron chi connectivity index (χ1n) is 8.98. The number of carbonyl (C=O) groups is 1. The van der Waals surface area contributed by atoms with E-state index in [1.54, 1.807) is 25.3 Å². The summed E-state index contributed by atoms with van der Waals surface area (Å²) in [6.45, 7) is 0. The number of rotatable bonds is 4. The zero-order chi connectivity index (χ0) is 20.0. The van der Waals surface area contributed by atoms with E-state index in [-0.39, 0.29) is 5.56 Å². The maximum atomic E-state index is 11.2. The molecule has 5 rings (SSSR count). The molecule has 0 fully saturated rings. The number of nitrogens with one attached hydrogen (secondary N) is 2.